The molecule has 2 aliphatic heterocycles. The number of benzene rings is 2. The minimum Gasteiger partial charge on any atom is -0.496 e. The van der Waals surface area contributed by atoms with Gasteiger partial charge in [0.15, 0.2) is 0 Å². The van der Waals surface area contributed by atoms with Gasteiger partial charge in [0.2, 0.25) is 11.8 Å². The normalized spacial score (nSPS) is 21.0. The maximum absolute atomic E-state index is 12.0. The van der Waals surface area contributed by atoms with Crippen molar-refractivity contribution in [1.82, 2.24) is 9.80 Å². The number of methoxy groups -OCH3 is 1. The van der Waals surface area contributed by atoms with Crippen LogP contribution in [0.2, 0.25) is 0 Å². The fourth-order valence-corrected chi connectivity index (χ4v) is 6.97. The Labute approximate surface area is 249 Å². The molecule has 5 rings (SSSR count). The Kier molecular flexibility index (Phi) is 9.83. The molecule has 2 amide bonds. The number of aliphatic carboxylic acids is 1. The number of likely N-dealkylation sites (tertiary alicyclic amines) is 1. The van der Waals surface area contributed by atoms with Gasteiger partial charge in [0.1, 0.15) is 11.5 Å². The summed E-state index contributed by atoms with van der Waals surface area (Å²) in [5.74, 6) is 1.27. The predicted molar refractivity (Wildman–Crippen MR) is 159 cm³/mol. The quantitative estimate of drug-likeness (QED) is 0.312. The highest BCUT2D eigenvalue weighted by molar-refractivity contribution is 6.01. The number of carbonyl (C=O) groups excluding carboxylic acids is 2. The number of nitrogens with zero attached hydrogens (tertiary/aromatic N) is 2. The fraction of sp³-hybridized carbons (Fsp3) is 0.559. The van der Waals surface area contributed by atoms with Gasteiger partial charge in [-0.15, -0.1) is 0 Å². The number of carboxylic acids is 1. The number of ether oxygens (including phenoxy) is 2. The van der Waals surface area contributed by atoms with Gasteiger partial charge in [-0.1, -0.05) is 31.2 Å². The first kappa shape index (κ1) is 30.1. The SMILES string of the molecule is CCC(c1ccc2c(c1)CCO2)N(Cc1ccc(CCCN2C(=O)CCC2=O)c(OC)c1)C[C@H]1CC[C@H](C(=O)O)CC1. The monoisotopic (exact) mass is 576 g/mol. The van der Waals surface area contributed by atoms with Gasteiger partial charge in [-0.05, 0) is 85.3 Å². The van der Waals surface area contributed by atoms with Crippen LogP contribution >= 0.6 is 0 Å². The van der Waals surface area contributed by atoms with Crippen molar-refractivity contribution in [2.75, 3.05) is 26.8 Å². The average molecular weight is 577 g/mol. The molecule has 1 aliphatic carbocycles. The Hall–Kier alpha value is -3.39. The summed E-state index contributed by atoms with van der Waals surface area (Å²) in [6, 6.07) is 13.3. The number of hydrogen-bond acceptors (Lipinski definition) is 6. The minimum atomic E-state index is -0.664. The highest BCUT2D eigenvalue weighted by atomic mass is 16.5. The summed E-state index contributed by atoms with van der Waals surface area (Å²) in [5, 5.41) is 9.49. The van der Waals surface area contributed by atoms with E-state index in [9.17, 15) is 19.5 Å². The highest BCUT2D eigenvalue weighted by Gasteiger charge is 2.30. The lowest BCUT2D eigenvalue weighted by atomic mass is 9.81. The second-order valence-electron chi connectivity index (χ2n) is 12.1. The van der Waals surface area contributed by atoms with Crippen molar-refractivity contribution in [2.24, 2.45) is 11.8 Å². The molecule has 0 spiro atoms. The summed E-state index contributed by atoms with van der Waals surface area (Å²) >= 11 is 0. The second kappa shape index (κ2) is 13.7. The van der Waals surface area contributed by atoms with E-state index < -0.39 is 5.97 Å². The van der Waals surface area contributed by atoms with Gasteiger partial charge < -0.3 is 14.6 Å². The number of imide groups is 1. The van der Waals surface area contributed by atoms with Crippen LogP contribution < -0.4 is 9.47 Å². The van der Waals surface area contributed by atoms with E-state index in [1.54, 1.807) is 7.11 Å². The summed E-state index contributed by atoms with van der Waals surface area (Å²) in [6.07, 6.45) is 7.36. The van der Waals surface area contributed by atoms with Crippen molar-refractivity contribution in [3.8, 4) is 11.5 Å². The molecule has 1 saturated heterocycles. The van der Waals surface area contributed by atoms with Gasteiger partial charge in [-0.25, -0.2) is 0 Å². The van der Waals surface area contributed by atoms with Crippen LogP contribution in [0.15, 0.2) is 36.4 Å². The van der Waals surface area contributed by atoms with Crippen molar-refractivity contribution < 1.29 is 29.0 Å². The number of carboxylic acid groups (broad SMARTS) is 1. The third-order valence-electron chi connectivity index (χ3n) is 9.33. The van der Waals surface area contributed by atoms with Gasteiger partial charge in [0.25, 0.3) is 0 Å². The molecule has 0 bridgehead atoms. The zero-order valence-electron chi connectivity index (χ0n) is 25.0. The van der Waals surface area contributed by atoms with Gasteiger partial charge in [-0.3, -0.25) is 24.2 Å². The molecule has 1 atom stereocenters. The molecule has 8 heteroatoms. The number of hydrogen-bond donors (Lipinski definition) is 1. The van der Waals surface area contributed by atoms with Crippen LogP contribution in [0.5, 0.6) is 11.5 Å². The van der Waals surface area contributed by atoms with Gasteiger partial charge in [-0.2, -0.15) is 0 Å². The molecule has 226 valence electrons. The maximum Gasteiger partial charge on any atom is 0.306 e. The summed E-state index contributed by atoms with van der Waals surface area (Å²) in [4.78, 5) is 39.4. The minimum absolute atomic E-state index is 0.0692. The van der Waals surface area contributed by atoms with Crippen LogP contribution in [0.25, 0.3) is 0 Å². The zero-order valence-corrected chi connectivity index (χ0v) is 25.0. The molecule has 2 heterocycles. The summed E-state index contributed by atoms with van der Waals surface area (Å²) in [7, 11) is 1.69. The van der Waals surface area contributed by atoms with Crippen molar-refractivity contribution in [1.29, 1.82) is 0 Å². The van der Waals surface area contributed by atoms with Crippen molar-refractivity contribution in [2.45, 2.75) is 83.7 Å². The third-order valence-corrected chi connectivity index (χ3v) is 9.33. The molecule has 1 unspecified atom stereocenters. The number of aryl methyl sites for hydroxylation is 1. The van der Waals surface area contributed by atoms with Gasteiger partial charge in [0, 0.05) is 44.9 Å². The van der Waals surface area contributed by atoms with E-state index >= 15 is 0 Å². The highest BCUT2D eigenvalue weighted by Crippen LogP contribution is 2.36. The Bertz CT molecular complexity index is 1270. The molecule has 0 aromatic heterocycles. The molecule has 1 N–H and O–H groups in total. The number of fused-ring (bicyclic) bond motifs is 1. The maximum atomic E-state index is 12.0. The van der Waals surface area contributed by atoms with Crippen LogP contribution in [0, 0.1) is 11.8 Å². The largest absolute Gasteiger partial charge is 0.496 e. The molecule has 2 aromatic rings. The van der Waals surface area contributed by atoms with Crippen LogP contribution in [0.4, 0.5) is 0 Å². The molecule has 8 nitrogen and oxygen atoms in total. The van der Waals surface area contributed by atoms with Crippen LogP contribution in [-0.4, -0.2) is 59.5 Å². The van der Waals surface area contributed by atoms with Gasteiger partial charge >= 0.3 is 5.97 Å². The lowest BCUT2D eigenvalue weighted by molar-refractivity contribution is -0.143. The van der Waals surface area contributed by atoms with Crippen molar-refractivity contribution >= 4 is 17.8 Å². The first-order chi connectivity index (χ1) is 20.4. The molecule has 2 aromatic carbocycles. The van der Waals surface area contributed by atoms with E-state index in [2.05, 4.69) is 48.2 Å². The average Bonchev–Trinajstić information content (AvgIpc) is 3.59. The molecular formula is C34H44N2O6. The lowest BCUT2D eigenvalue weighted by Crippen LogP contribution is -2.35. The summed E-state index contributed by atoms with van der Waals surface area (Å²) in [5.41, 5.74) is 4.82. The summed E-state index contributed by atoms with van der Waals surface area (Å²) in [6.45, 7) is 5.11. The Balaban J connectivity index is 1.31. The van der Waals surface area contributed by atoms with Crippen molar-refractivity contribution in [3.05, 3.63) is 58.7 Å². The molecular weight excluding hydrogens is 532 g/mol. The molecule has 2 fully saturated rings. The third kappa shape index (κ3) is 6.97. The van der Waals surface area contributed by atoms with Crippen molar-refractivity contribution in [3.63, 3.8) is 0 Å². The van der Waals surface area contributed by atoms with Crippen LogP contribution in [-0.2, 0) is 33.8 Å². The first-order valence-corrected chi connectivity index (χ1v) is 15.6. The second-order valence-corrected chi connectivity index (χ2v) is 12.1. The van der Waals surface area contributed by atoms with E-state index in [4.69, 9.17) is 9.47 Å². The number of rotatable bonds is 13. The topological polar surface area (TPSA) is 96.4 Å². The summed E-state index contributed by atoms with van der Waals surface area (Å²) < 4.78 is 11.6. The Morgan fingerprint density at radius 1 is 1.07 bits per heavy atom. The van der Waals surface area contributed by atoms with E-state index in [1.807, 2.05) is 0 Å². The number of carbonyl (C=O) groups is 3. The molecule has 0 radical (unpaired) electrons. The van der Waals surface area contributed by atoms with E-state index in [0.717, 1.165) is 81.7 Å². The van der Waals surface area contributed by atoms with Crippen LogP contribution in [0.3, 0.4) is 0 Å². The molecule has 1 saturated carbocycles. The predicted octanol–water partition coefficient (Wildman–Crippen LogP) is 5.56. The van der Waals surface area contributed by atoms with Gasteiger partial charge in [0.05, 0.1) is 19.6 Å². The lowest BCUT2D eigenvalue weighted by Gasteiger charge is -2.37. The fourth-order valence-electron chi connectivity index (χ4n) is 6.97. The standard InChI is InChI=1S/C34H44N2O6/c1-3-29(27-12-13-30-28(20-27)16-18-42-30)35(21-23-6-10-26(11-7-23)34(39)40)22-24-8-9-25(31(19-24)41-2)5-4-17-36-32(37)14-15-33(36)38/h8-9,12-13,19-20,23,26,29H,3-7,10-11,14-18,21-22H2,1-2H3,(H,39,40)/t23-,26-,29?. The Morgan fingerprint density at radius 2 is 1.83 bits per heavy atom. The smallest absolute Gasteiger partial charge is 0.306 e. The van der Waals surface area contributed by atoms with E-state index in [-0.39, 0.29) is 23.8 Å². The van der Waals surface area contributed by atoms with E-state index in [1.165, 1.54) is 21.6 Å². The van der Waals surface area contributed by atoms with Crippen LogP contribution in [0.1, 0.15) is 86.6 Å². The zero-order chi connectivity index (χ0) is 29.6. The Morgan fingerprint density at radius 3 is 2.52 bits per heavy atom. The first-order valence-electron chi connectivity index (χ1n) is 15.6. The molecule has 42 heavy (non-hydrogen) atoms. The van der Waals surface area contributed by atoms with E-state index in [0.29, 0.717) is 31.7 Å². The molecule has 3 aliphatic rings. The number of amides is 2.